The van der Waals surface area contributed by atoms with Crippen molar-refractivity contribution in [1.29, 1.82) is 0 Å². The number of nitrogens with one attached hydrogen (secondary N) is 1. The van der Waals surface area contributed by atoms with E-state index >= 15 is 0 Å². The minimum atomic E-state index is -0.533. The lowest BCUT2D eigenvalue weighted by molar-refractivity contribution is 0.101. The van der Waals surface area contributed by atoms with Crippen LogP contribution in [0.2, 0.25) is 5.02 Å². The summed E-state index contributed by atoms with van der Waals surface area (Å²) in [6, 6.07) is 0. The fraction of sp³-hybridized carbons (Fsp3) is 0.625. The first kappa shape index (κ1) is 18.5. The van der Waals surface area contributed by atoms with Crippen LogP contribution < -0.4 is 10.9 Å². The number of halogens is 1. The molecule has 26 heavy (non-hydrogen) atoms. The van der Waals surface area contributed by atoms with Crippen LogP contribution in [-0.2, 0) is 13.6 Å². The Morgan fingerprint density at radius 3 is 2.73 bits per heavy atom. The Labute approximate surface area is 155 Å². The third-order valence-corrected chi connectivity index (χ3v) is 5.02. The van der Waals surface area contributed by atoms with E-state index in [1.807, 2.05) is 6.92 Å². The van der Waals surface area contributed by atoms with Gasteiger partial charge in [0.25, 0.3) is 11.5 Å². The van der Waals surface area contributed by atoms with Gasteiger partial charge in [-0.3, -0.25) is 14.9 Å². The summed E-state index contributed by atoms with van der Waals surface area (Å²) < 4.78 is 2.68. The first-order valence-corrected chi connectivity index (χ1v) is 9.25. The number of aromatic nitrogens is 6. The Balaban J connectivity index is 1.94. The maximum absolute atomic E-state index is 12.7. The third-order valence-electron chi connectivity index (χ3n) is 4.64. The third kappa shape index (κ3) is 3.62. The molecule has 0 aromatic carbocycles. The molecule has 3 rings (SSSR count). The highest BCUT2D eigenvalue weighted by atomic mass is 35.5. The second-order valence-corrected chi connectivity index (χ2v) is 6.90. The molecule has 0 spiro atoms. The maximum Gasteiger partial charge on any atom is 0.280 e. The Kier molecular flexibility index (Phi) is 5.65. The first-order valence-electron chi connectivity index (χ1n) is 8.87. The van der Waals surface area contributed by atoms with Crippen molar-refractivity contribution in [3.63, 3.8) is 0 Å². The highest BCUT2D eigenvalue weighted by Crippen LogP contribution is 2.35. The summed E-state index contributed by atoms with van der Waals surface area (Å²) >= 11 is 6.46. The molecule has 0 bridgehead atoms. The number of hydrogen-bond acceptors (Lipinski definition) is 6. The molecule has 0 aliphatic heterocycles. The summed E-state index contributed by atoms with van der Waals surface area (Å²) in [5.74, 6) is -0.243. The standard InChI is InChI=1S/C16H22ClN7O2/c1-3-9-24-16(19-21-22-24)18-14(25)13-12(17)11(15(26)23(2)20-13)10-7-5-4-6-8-10/h10H,3-9H2,1-2H3,(H,18,19,22,25). The molecule has 1 fully saturated rings. The van der Waals surface area contributed by atoms with Gasteiger partial charge < -0.3 is 0 Å². The molecule has 2 aromatic heterocycles. The lowest BCUT2D eigenvalue weighted by atomic mass is 9.84. The molecule has 2 aromatic rings. The van der Waals surface area contributed by atoms with Crippen LogP contribution in [0.4, 0.5) is 5.95 Å². The van der Waals surface area contributed by atoms with Gasteiger partial charge in [0.05, 0.1) is 5.02 Å². The molecular weight excluding hydrogens is 358 g/mol. The van der Waals surface area contributed by atoms with Crippen LogP contribution in [0.15, 0.2) is 4.79 Å². The van der Waals surface area contributed by atoms with E-state index in [0.717, 1.165) is 38.5 Å². The Hall–Kier alpha value is -2.29. The van der Waals surface area contributed by atoms with Crippen molar-refractivity contribution < 1.29 is 4.79 Å². The van der Waals surface area contributed by atoms with Gasteiger partial charge in [-0.15, -0.1) is 0 Å². The highest BCUT2D eigenvalue weighted by molar-refractivity contribution is 6.34. The second kappa shape index (κ2) is 7.94. The van der Waals surface area contributed by atoms with Crippen molar-refractivity contribution in [3.8, 4) is 0 Å². The second-order valence-electron chi connectivity index (χ2n) is 6.52. The van der Waals surface area contributed by atoms with Crippen LogP contribution in [0.3, 0.4) is 0 Å². The van der Waals surface area contributed by atoms with Crippen LogP contribution >= 0.6 is 11.6 Å². The van der Waals surface area contributed by atoms with Crippen molar-refractivity contribution in [1.82, 2.24) is 30.0 Å². The lowest BCUT2D eigenvalue weighted by Gasteiger charge is -2.23. The van der Waals surface area contributed by atoms with E-state index in [1.165, 1.54) is 16.4 Å². The average Bonchev–Trinajstić information content (AvgIpc) is 3.06. The van der Waals surface area contributed by atoms with E-state index in [2.05, 4.69) is 25.9 Å². The van der Waals surface area contributed by atoms with Gasteiger partial charge >= 0.3 is 0 Å². The van der Waals surface area contributed by atoms with E-state index in [-0.39, 0.29) is 28.1 Å². The van der Waals surface area contributed by atoms with Crippen LogP contribution in [0, 0.1) is 0 Å². The molecule has 2 heterocycles. The minimum absolute atomic E-state index is 0.0142. The molecule has 0 saturated heterocycles. The molecule has 9 nitrogen and oxygen atoms in total. The highest BCUT2D eigenvalue weighted by Gasteiger charge is 2.27. The lowest BCUT2D eigenvalue weighted by Crippen LogP contribution is -2.31. The topological polar surface area (TPSA) is 108 Å². The predicted octanol–water partition coefficient (Wildman–Crippen LogP) is 2.13. The molecule has 0 radical (unpaired) electrons. The van der Waals surface area contributed by atoms with E-state index in [4.69, 9.17) is 11.6 Å². The van der Waals surface area contributed by atoms with Crippen molar-refractivity contribution in [3.05, 3.63) is 26.6 Å². The number of hydrogen-bond donors (Lipinski definition) is 1. The smallest absolute Gasteiger partial charge is 0.280 e. The van der Waals surface area contributed by atoms with Crippen LogP contribution in [-0.4, -0.2) is 35.9 Å². The van der Waals surface area contributed by atoms with Gasteiger partial charge in [0.2, 0.25) is 5.95 Å². The van der Waals surface area contributed by atoms with Gasteiger partial charge in [-0.1, -0.05) is 42.9 Å². The first-order chi connectivity index (χ1) is 12.5. The van der Waals surface area contributed by atoms with Crippen LogP contribution in [0.5, 0.6) is 0 Å². The molecule has 1 aliphatic carbocycles. The number of anilines is 1. The van der Waals surface area contributed by atoms with Crippen molar-refractivity contribution in [2.45, 2.75) is 57.9 Å². The summed E-state index contributed by atoms with van der Waals surface area (Å²) in [6.07, 6.45) is 5.88. The largest absolute Gasteiger partial charge is 0.288 e. The van der Waals surface area contributed by atoms with Crippen molar-refractivity contribution in [2.75, 3.05) is 5.32 Å². The number of aryl methyl sites for hydroxylation is 2. The summed E-state index contributed by atoms with van der Waals surface area (Å²) in [7, 11) is 1.53. The van der Waals surface area contributed by atoms with Gasteiger partial charge in [0, 0.05) is 19.2 Å². The van der Waals surface area contributed by atoms with E-state index < -0.39 is 5.91 Å². The zero-order valence-electron chi connectivity index (χ0n) is 14.9. The number of carbonyl (C=O) groups excluding carboxylic acids is 1. The van der Waals surface area contributed by atoms with E-state index in [9.17, 15) is 9.59 Å². The van der Waals surface area contributed by atoms with Crippen molar-refractivity contribution >= 4 is 23.5 Å². The average molecular weight is 380 g/mol. The number of rotatable bonds is 5. The molecule has 1 amide bonds. The van der Waals surface area contributed by atoms with Crippen molar-refractivity contribution in [2.24, 2.45) is 7.05 Å². The minimum Gasteiger partial charge on any atom is -0.288 e. The van der Waals surface area contributed by atoms with Crippen LogP contribution in [0.25, 0.3) is 0 Å². The molecule has 10 heteroatoms. The molecule has 0 atom stereocenters. The van der Waals surface area contributed by atoms with Gasteiger partial charge in [-0.05, 0) is 35.6 Å². The monoisotopic (exact) mass is 379 g/mol. The molecule has 1 saturated carbocycles. The van der Waals surface area contributed by atoms with E-state index in [1.54, 1.807) is 0 Å². The maximum atomic E-state index is 12.7. The Morgan fingerprint density at radius 1 is 1.31 bits per heavy atom. The summed E-state index contributed by atoms with van der Waals surface area (Å²) in [5, 5.41) is 18.0. The Bertz CT molecular complexity index is 855. The number of nitrogens with zero attached hydrogens (tertiary/aromatic N) is 6. The summed E-state index contributed by atoms with van der Waals surface area (Å²) in [4.78, 5) is 25.3. The zero-order valence-corrected chi connectivity index (χ0v) is 15.7. The molecule has 1 N–H and O–H groups in total. The van der Waals surface area contributed by atoms with Gasteiger partial charge in [-0.25, -0.2) is 9.36 Å². The number of tetrazole rings is 1. The Morgan fingerprint density at radius 2 is 2.04 bits per heavy atom. The molecular formula is C16H22ClN7O2. The number of amides is 1. The molecule has 140 valence electrons. The quantitative estimate of drug-likeness (QED) is 0.852. The SMILES string of the molecule is CCCn1nnnc1NC(=O)c1nn(C)c(=O)c(C2CCCCC2)c1Cl. The summed E-state index contributed by atoms with van der Waals surface area (Å²) in [5.41, 5.74) is 0.261. The fourth-order valence-electron chi connectivity index (χ4n) is 3.34. The van der Waals surface area contributed by atoms with E-state index in [0.29, 0.717) is 12.1 Å². The summed E-state index contributed by atoms with van der Waals surface area (Å²) in [6.45, 7) is 2.56. The predicted molar refractivity (Wildman–Crippen MR) is 96.4 cm³/mol. The van der Waals surface area contributed by atoms with Gasteiger partial charge in [0.15, 0.2) is 5.69 Å². The number of carbonyl (C=O) groups is 1. The molecule has 0 unspecified atom stereocenters. The normalized spacial score (nSPS) is 15.2. The fourth-order valence-corrected chi connectivity index (χ4v) is 3.70. The van der Waals surface area contributed by atoms with Gasteiger partial charge in [-0.2, -0.15) is 5.10 Å². The zero-order chi connectivity index (χ0) is 18.7. The van der Waals surface area contributed by atoms with Crippen LogP contribution in [0.1, 0.15) is 67.4 Å². The van der Waals surface area contributed by atoms with Gasteiger partial charge in [0.1, 0.15) is 0 Å². The molecule has 1 aliphatic rings.